The second-order valence-corrected chi connectivity index (χ2v) is 8.05. The molecule has 0 saturated carbocycles. The lowest BCUT2D eigenvalue weighted by molar-refractivity contribution is 0.0737. The Morgan fingerprint density at radius 1 is 0.933 bits per heavy atom. The largest absolute Gasteiger partial charge is 0.422 e. The molecule has 3 nitrogen and oxygen atoms in total. The van der Waals surface area contributed by atoms with Crippen LogP contribution in [0, 0.1) is 0 Å². The predicted octanol–water partition coefficient (Wildman–Crippen LogP) is 6.36. The maximum absolute atomic E-state index is 12.9. The number of pyridine rings is 1. The predicted molar refractivity (Wildman–Crippen MR) is 120 cm³/mol. The van der Waals surface area contributed by atoms with Gasteiger partial charge in [0.25, 0.3) is 0 Å². The van der Waals surface area contributed by atoms with E-state index in [4.69, 9.17) is 4.74 Å². The van der Waals surface area contributed by atoms with Crippen LogP contribution in [0.15, 0.2) is 84.7 Å². The molecule has 0 saturated heterocycles. The first-order chi connectivity index (χ1) is 14.8. The molecule has 0 N–H and O–H groups in total. The van der Waals surface area contributed by atoms with Gasteiger partial charge in [0.2, 0.25) is 0 Å². The van der Waals surface area contributed by atoms with E-state index in [0.29, 0.717) is 11.3 Å². The van der Waals surface area contributed by atoms with Gasteiger partial charge >= 0.3 is 5.97 Å². The molecule has 0 spiro atoms. The van der Waals surface area contributed by atoms with E-state index in [1.54, 1.807) is 5.57 Å². The number of carbonyl (C=O) groups excluding carboxylic acids is 1. The van der Waals surface area contributed by atoms with Crippen molar-refractivity contribution in [2.24, 2.45) is 0 Å². The molecule has 30 heavy (non-hydrogen) atoms. The number of hydrogen-bond acceptors (Lipinski definition) is 2. The third kappa shape index (κ3) is 2.70. The molecule has 3 heteroatoms. The number of aromatic nitrogens is 1. The zero-order valence-corrected chi connectivity index (χ0v) is 16.6. The van der Waals surface area contributed by atoms with Crippen molar-refractivity contribution in [3.63, 3.8) is 0 Å². The van der Waals surface area contributed by atoms with E-state index in [1.807, 2.05) is 53.2 Å². The molecule has 146 valence electrons. The summed E-state index contributed by atoms with van der Waals surface area (Å²) in [5, 5.41) is 2.18. The van der Waals surface area contributed by atoms with Crippen LogP contribution in [0.4, 0.5) is 0 Å². The Morgan fingerprint density at radius 2 is 1.90 bits per heavy atom. The fourth-order valence-corrected chi connectivity index (χ4v) is 4.85. The van der Waals surface area contributed by atoms with Crippen molar-refractivity contribution in [3.05, 3.63) is 101 Å². The summed E-state index contributed by atoms with van der Waals surface area (Å²) in [6, 6.07) is 18.1. The minimum absolute atomic E-state index is 0.330. The van der Waals surface area contributed by atoms with Gasteiger partial charge in [-0.2, -0.15) is 0 Å². The second kappa shape index (κ2) is 6.74. The average Bonchev–Trinajstić information content (AvgIpc) is 3.23. The SMILES string of the molecule is O=C(Oc1cccc2c3c(ccc12)C1=C(CCC=C1)CC3)c1cc2ccccn2c1. The Balaban J connectivity index is 1.40. The van der Waals surface area contributed by atoms with Gasteiger partial charge < -0.3 is 9.14 Å². The zero-order valence-electron chi connectivity index (χ0n) is 16.6. The first-order valence-electron chi connectivity index (χ1n) is 10.5. The van der Waals surface area contributed by atoms with Crippen molar-refractivity contribution in [1.29, 1.82) is 0 Å². The summed E-state index contributed by atoms with van der Waals surface area (Å²) in [7, 11) is 0. The average molecular weight is 391 g/mol. The normalized spacial score (nSPS) is 15.3. The molecule has 0 amide bonds. The van der Waals surface area contributed by atoms with Crippen LogP contribution in [0.25, 0.3) is 21.9 Å². The number of rotatable bonds is 2. The van der Waals surface area contributed by atoms with Crippen LogP contribution in [0.3, 0.4) is 0 Å². The van der Waals surface area contributed by atoms with E-state index in [9.17, 15) is 4.79 Å². The molecular weight excluding hydrogens is 370 g/mol. The van der Waals surface area contributed by atoms with Crippen molar-refractivity contribution in [2.45, 2.75) is 25.7 Å². The summed E-state index contributed by atoms with van der Waals surface area (Å²) in [5.74, 6) is 0.290. The first kappa shape index (κ1) is 17.3. The van der Waals surface area contributed by atoms with E-state index >= 15 is 0 Å². The molecule has 0 fully saturated rings. The fraction of sp³-hybridized carbons (Fsp3) is 0.148. The lowest BCUT2D eigenvalue weighted by atomic mass is 9.79. The molecule has 2 aromatic carbocycles. The Kier molecular flexibility index (Phi) is 3.88. The Labute approximate surface area is 174 Å². The van der Waals surface area contributed by atoms with Gasteiger partial charge in [-0.3, -0.25) is 0 Å². The monoisotopic (exact) mass is 391 g/mol. The smallest absolute Gasteiger partial charge is 0.345 e. The highest BCUT2D eigenvalue weighted by molar-refractivity contribution is 5.99. The van der Waals surface area contributed by atoms with Crippen LogP contribution in [0.5, 0.6) is 5.75 Å². The maximum Gasteiger partial charge on any atom is 0.345 e. The molecule has 4 aromatic rings. The molecule has 0 bridgehead atoms. The highest BCUT2D eigenvalue weighted by Gasteiger charge is 2.22. The van der Waals surface area contributed by atoms with Crippen molar-refractivity contribution < 1.29 is 9.53 Å². The number of hydrogen-bond donors (Lipinski definition) is 0. The highest BCUT2D eigenvalue weighted by atomic mass is 16.5. The van der Waals surface area contributed by atoms with E-state index in [1.165, 1.54) is 28.5 Å². The van der Waals surface area contributed by atoms with Gasteiger partial charge in [0, 0.05) is 23.3 Å². The number of carbonyl (C=O) groups is 1. The zero-order chi connectivity index (χ0) is 20.1. The molecule has 0 atom stereocenters. The van der Waals surface area contributed by atoms with Crippen LogP contribution in [-0.4, -0.2) is 10.4 Å². The number of nitrogens with zero attached hydrogens (tertiary/aromatic N) is 1. The summed E-state index contributed by atoms with van der Waals surface area (Å²) in [6.07, 6.45) is 12.8. The van der Waals surface area contributed by atoms with Crippen LogP contribution >= 0.6 is 0 Å². The van der Waals surface area contributed by atoms with E-state index < -0.39 is 0 Å². The lowest BCUT2D eigenvalue weighted by Crippen LogP contribution is -2.09. The van der Waals surface area contributed by atoms with Crippen molar-refractivity contribution in [1.82, 2.24) is 4.40 Å². The number of aryl methyl sites for hydroxylation is 1. The lowest BCUT2D eigenvalue weighted by Gasteiger charge is -2.25. The van der Waals surface area contributed by atoms with Gasteiger partial charge in [-0.25, -0.2) is 4.79 Å². The van der Waals surface area contributed by atoms with Crippen LogP contribution < -0.4 is 4.74 Å². The van der Waals surface area contributed by atoms with Crippen LogP contribution in [0.1, 0.15) is 40.7 Å². The molecule has 6 rings (SSSR count). The molecule has 2 aliphatic carbocycles. The number of benzene rings is 2. The van der Waals surface area contributed by atoms with Crippen LogP contribution in [0.2, 0.25) is 0 Å². The summed E-state index contributed by atoms with van der Waals surface area (Å²) in [4.78, 5) is 12.9. The van der Waals surface area contributed by atoms with Gasteiger partial charge in [-0.05, 0) is 78.1 Å². The second-order valence-electron chi connectivity index (χ2n) is 8.05. The summed E-state index contributed by atoms with van der Waals surface area (Å²) >= 11 is 0. The van der Waals surface area contributed by atoms with Gasteiger partial charge in [-0.1, -0.05) is 42.0 Å². The van der Waals surface area contributed by atoms with E-state index in [-0.39, 0.29) is 5.97 Å². The standard InChI is InChI=1S/C27H21NO2/c29-27(19-16-20-7-3-4-15-28(20)17-19)30-26-10-5-9-22-24-12-11-18-6-1-2-8-21(18)23(24)13-14-25(22)26/h2-5,7-10,13-17H,1,6,11-12H2. The number of esters is 1. The van der Waals surface area contributed by atoms with E-state index in [0.717, 1.165) is 30.2 Å². The van der Waals surface area contributed by atoms with Gasteiger partial charge in [0.05, 0.1) is 5.56 Å². The molecular formula is C27H21NO2. The summed E-state index contributed by atoms with van der Waals surface area (Å²) in [5.41, 5.74) is 7.20. The Hall–Kier alpha value is -3.59. The summed E-state index contributed by atoms with van der Waals surface area (Å²) < 4.78 is 7.79. The molecule has 2 aliphatic rings. The van der Waals surface area contributed by atoms with Gasteiger partial charge in [0.15, 0.2) is 0 Å². The molecule has 2 heterocycles. The van der Waals surface area contributed by atoms with Crippen molar-refractivity contribution in [3.8, 4) is 5.75 Å². The minimum atomic E-state index is -0.330. The molecule has 0 radical (unpaired) electrons. The Morgan fingerprint density at radius 3 is 2.83 bits per heavy atom. The highest BCUT2D eigenvalue weighted by Crippen LogP contribution is 2.41. The minimum Gasteiger partial charge on any atom is -0.422 e. The molecule has 0 aliphatic heterocycles. The third-order valence-corrected chi connectivity index (χ3v) is 6.32. The first-order valence-corrected chi connectivity index (χ1v) is 10.5. The topological polar surface area (TPSA) is 30.7 Å². The maximum atomic E-state index is 12.9. The van der Waals surface area contributed by atoms with Crippen LogP contribution in [-0.2, 0) is 6.42 Å². The number of fused-ring (bicyclic) bond motifs is 5. The fourth-order valence-electron chi connectivity index (χ4n) is 4.85. The Bertz CT molecular complexity index is 1350. The molecule has 0 unspecified atom stereocenters. The quantitative estimate of drug-likeness (QED) is 0.294. The van der Waals surface area contributed by atoms with Gasteiger partial charge in [0.1, 0.15) is 5.75 Å². The summed E-state index contributed by atoms with van der Waals surface area (Å²) in [6.45, 7) is 0. The number of ether oxygens (including phenoxy) is 1. The third-order valence-electron chi connectivity index (χ3n) is 6.32. The number of allylic oxidation sites excluding steroid dienone is 4. The van der Waals surface area contributed by atoms with Crippen molar-refractivity contribution >= 4 is 27.8 Å². The molecule has 2 aromatic heterocycles. The van der Waals surface area contributed by atoms with Gasteiger partial charge in [-0.15, -0.1) is 0 Å². The van der Waals surface area contributed by atoms with E-state index in [2.05, 4.69) is 30.4 Å². The van der Waals surface area contributed by atoms with Crippen molar-refractivity contribution in [2.75, 3.05) is 0 Å².